The normalized spacial score (nSPS) is 29.0. The van der Waals surface area contributed by atoms with Crippen molar-refractivity contribution in [2.75, 3.05) is 0 Å². The second-order valence-corrected chi connectivity index (χ2v) is 7.88. The Morgan fingerprint density at radius 2 is 2.15 bits per heavy atom. The van der Waals surface area contributed by atoms with Crippen molar-refractivity contribution in [3.63, 3.8) is 0 Å². The Morgan fingerprint density at radius 3 is 2.96 bits per heavy atom. The lowest BCUT2D eigenvalue weighted by Crippen LogP contribution is -2.47. The molecule has 3 N–H and O–H groups in total. The highest BCUT2D eigenvalue weighted by molar-refractivity contribution is 5.92. The predicted octanol–water partition coefficient (Wildman–Crippen LogP) is 0.818. The maximum absolute atomic E-state index is 12.9. The summed E-state index contributed by atoms with van der Waals surface area (Å²) in [6.07, 6.45) is 6.98. The summed E-state index contributed by atoms with van der Waals surface area (Å²) in [5.74, 6) is 0.0758. The molecule has 4 atom stereocenters. The number of aromatic nitrogens is 5. The van der Waals surface area contributed by atoms with Crippen LogP contribution < -0.4 is 5.32 Å². The third-order valence-electron chi connectivity index (χ3n) is 6.21. The molecular weight excluding hydrogens is 346 g/mol. The van der Waals surface area contributed by atoms with E-state index in [1.165, 1.54) is 0 Å². The summed E-state index contributed by atoms with van der Waals surface area (Å²) < 4.78 is 0. The summed E-state index contributed by atoms with van der Waals surface area (Å²) in [5, 5.41) is 14.2. The van der Waals surface area contributed by atoms with Crippen molar-refractivity contribution in [2.45, 2.75) is 69.5 Å². The van der Waals surface area contributed by atoms with Crippen molar-refractivity contribution in [2.24, 2.45) is 0 Å². The molecule has 4 heterocycles. The zero-order valence-corrected chi connectivity index (χ0v) is 15.2. The molecule has 0 saturated carbocycles. The molecule has 0 radical (unpaired) electrons. The number of carbonyl (C=O) groups is 2. The van der Waals surface area contributed by atoms with E-state index < -0.39 is 0 Å². The molecule has 2 amide bonds. The first-order valence-corrected chi connectivity index (χ1v) is 9.66. The number of aromatic amines is 2. The SMILES string of the molecule is Cc1cnc(C(=O)N2[C@@H]3CC[C@H]2[C@H](NC(=O)C2CCCc4n[nH]nc42)C3)[nH]1. The fourth-order valence-corrected chi connectivity index (χ4v) is 4.98. The van der Waals surface area contributed by atoms with Crippen molar-refractivity contribution in [3.05, 3.63) is 29.1 Å². The van der Waals surface area contributed by atoms with Gasteiger partial charge in [-0.25, -0.2) is 4.98 Å². The highest BCUT2D eigenvalue weighted by atomic mass is 16.2. The number of nitrogens with one attached hydrogen (secondary N) is 3. The second-order valence-electron chi connectivity index (χ2n) is 7.88. The number of nitrogens with zero attached hydrogens (tertiary/aromatic N) is 4. The molecule has 0 aromatic carbocycles. The van der Waals surface area contributed by atoms with Crippen molar-refractivity contribution >= 4 is 11.8 Å². The molecule has 2 bridgehead atoms. The van der Waals surface area contributed by atoms with Crippen LogP contribution in [0.25, 0.3) is 0 Å². The van der Waals surface area contributed by atoms with Crippen molar-refractivity contribution in [3.8, 4) is 0 Å². The van der Waals surface area contributed by atoms with E-state index in [1.54, 1.807) is 6.20 Å². The molecule has 9 nitrogen and oxygen atoms in total. The largest absolute Gasteiger partial charge is 0.351 e. The average Bonchev–Trinajstić information content (AvgIpc) is 3.43. The number of fused-ring (bicyclic) bond motifs is 3. The molecule has 2 fully saturated rings. The van der Waals surface area contributed by atoms with Crippen molar-refractivity contribution < 1.29 is 9.59 Å². The molecule has 5 rings (SSSR count). The number of aryl methyl sites for hydroxylation is 2. The van der Waals surface area contributed by atoms with E-state index in [9.17, 15) is 9.59 Å². The van der Waals surface area contributed by atoms with Crippen molar-refractivity contribution in [1.29, 1.82) is 0 Å². The zero-order chi connectivity index (χ0) is 18.5. The van der Waals surface area contributed by atoms with E-state index in [4.69, 9.17) is 0 Å². The molecule has 2 aliphatic heterocycles. The Labute approximate surface area is 156 Å². The van der Waals surface area contributed by atoms with Gasteiger partial charge in [0.2, 0.25) is 5.91 Å². The van der Waals surface area contributed by atoms with Crippen LogP contribution in [0.1, 0.15) is 65.7 Å². The highest BCUT2D eigenvalue weighted by Crippen LogP contribution is 2.39. The second kappa shape index (κ2) is 6.17. The number of rotatable bonds is 3. The first-order valence-electron chi connectivity index (χ1n) is 9.66. The molecule has 2 aromatic rings. The van der Waals surface area contributed by atoms with Crippen LogP contribution in [-0.4, -0.2) is 60.2 Å². The first kappa shape index (κ1) is 16.5. The molecule has 142 valence electrons. The molecule has 0 spiro atoms. The monoisotopic (exact) mass is 369 g/mol. The lowest BCUT2D eigenvalue weighted by atomic mass is 9.88. The molecule has 2 aromatic heterocycles. The van der Waals surface area contributed by atoms with Gasteiger partial charge in [-0.05, 0) is 45.4 Å². The highest BCUT2D eigenvalue weighted by Gasteiger charge is 2.50. The molecular formula is C18H23N7O2. The van der Waals surface area contributed by atoms with Crippen LogP contribution >= 0.6 is 0 Å². The third kappa shape index (κ3) is 2.64. The van der Waals surface area contributed by atoms with Crippen LogP contribution in [0.4, 0.5) is 0 Å². The number of hydrogen-bond acceptors (Lipinski definition) is 5. The molecule has 2 saturated heterocycles. The zero-order valence-electron chi connectivity index (χ0n) is 15.2. The minimum Gasteiger partial charge on any atom is -0.351 e. The number of imidazole rings is 1. The quantitative estimate of drug-likeness (QED) is 0.740. The summed E-state index contributed by atoms with van der Waals surface area (Å²) in [6.45, 7) is 1.88. The van der Waals surface area contributed by atoms with E-state index in [0.717, 1.165) is 55.6 Å². The predicted molar refractivity (Wildman–Crippen MR) is 94.9 cm³/mol. The van der Waals surface area contributed by atoms with Gasteiger partial charge < -0.3 is 15.2 Å². The number of amides is 2. The van der Waals surface area contributed by atoms with Crippen LogP contribution in [-0.2, 0) is 11.2 Å². The Kier molecular flexibility index (Phi) is 3.76. The van der Waals surface area contributed by atoms with Gasteiger partial charge in [-0.1, -0.05) is 0 Å². The topological polar surface area (TPSA) is 120 Å². The summed E-state index contributed by atoms with van der Waals surface area (Å²) in [4.78, 5) is 34.9. The number of hydrogen-bond donors (Lipinski definition) is 3. The lowest BCUT2D eigenvalue weighted by Gasteiger charge is -2.27. The summed E-state index contributed by atoms with van der Waals surface area (Å²) in [5.41, 5.74) is 2.55. The molecule has 3 aliphatic rings. The van der Waals surface area contributed by atoms with Gasteiger partial charge in [0.15, 0.2) is 5.82 Å². The number of carbonyl (C=O) groups excluding carboxylic acids is 2. The van der Waals surface area contributed by atoms with E-state index in [1.807, 2.05) is 11.8 Å². The van der Waals surface area contributed by atoms with E-state index in [-0.39, 0.29) is 35.9 Å². The van der Waals surface area contributed by atoms with Crippen LogP contribution in [0.3, 0.4) is 0 Å². The Hall–Kier alpha value is -2.71. The molecule has 27 heavy (non-hydrogen) atoms. The van der Waals surface area contributed by atoms with E-state index in [0.29, 0.717) is 5.82 Å². The standard InChI is InChI=1S/C18H23N7O2/c1-9-8-19-16(20-9)18(27)25-10-5-6-14(25)13(7-10)21-17(26)11-3-2-4-12-15(11)23-24-22-12/h8,10-11,13-14H,2-7H2,1H3,(H,19,20)(H,21,26)(H,22,23,24)/t10-,11?,13-,14+/m1/s1. The van der Waals surface area contributed by atoms with Crippen LogP contribution in [0.2, 0.25) is 0 Å². The average molecular weight is 369 g/mol. The van der Waals surface area contributed by atoms with Gasteiger partial charge in [-0.3, -0.25) is 9.59 Å². The van der Waals surface area contributed by atoms with E-state index >= 15 is 0 Å². The van der Waals surface area contributed by atoms with Crippen LogP contribution in [0.15, 0.2) is 6.20 Å². The van der Waals surface area contributed by atoms with Gasteiger partial charge in [0.05, 0.1) is 29.4 Å². The Morgan fingerprint density at radius 1 is 1.26 bits per heavy atom. The van der Waals surface area contributed by atoms with Crippen LogP contribution in [0.5, 0.6) is 0 Å². The fraction of sp³-hybridized carbons (Fsp3) is 0.611. The van der Waals surface area contributed by atoms with Crippen molar-refractivity contribution in [1.82, 2.24) is 35.6 Å². The minimum absolute atomic E-state index is 0.00337. The lowest BCUT2D eigenvalue weighted by molar-refractivity contribution is -0.123. The van der Waals surface area contributed by atoms with Gasteiger partial charge in [-0.2, -0.15) is 15.4 Å². The van der Waals surface area contributed by atoms with Gasteiger partial charge in [-0.15, -0.1) is 0 Å². The van der Waals surface area contributed by atoms with Gasteiger partial charge in [0, 0.05) is 17.9 Å². The Bertz CT molecular complexity index is 888. The Balaban J connectivity index is 1.30. The van der Waals surface area contributed by atoms with Gasteiger partial charge in [0.25, 0.3) is 5.91 Å². The van der Waals surface area contributed by atoms with E-state index in [2.05, 4.69) is 30.7 Å². The fourth-order valence-electron chi connectivity index (χ4n) is 4.98. The summed E-state index contributed by atoms with van der Waals surface area (Å²) in [6, 6.07) is 0.206. The smallest absolute Gasteiger partial charge is 0.290 e. The van der Waals surface area contributed by atoms with Crippen LogP contribution in [0, 0.1) is 6.92 Å². The maximum atomic E-state index is 12.9. The van der Waals surface area contributed by atoms with Gasteiger partial charge in [0.1, 0.15) is 0 Å². The molecule has 1 unspecified atom stereocenters. The van der Waals surface area contributed by atoms with Gasteiger partial charge >= 0.3 is 0 Å². The summed E-state index contributed by atoms with van der Waals surface area (Å²) >= 11 is 0. The third-order valence-corrected chi connectivity index (χ3v) is 6.21. The maximum Gasteiger partial charge on any atom is 0.290 e. The minimum atomic E-state index is -0.247. The summed E-state index contributed by atoms with van der Waals surface area (Å²) in [7, 11) is 0. The number of H-pyrrole nitrogens is 2. The molecule has 9 heteroatoms. The molecule has 1 aliphatic carbocycles. The first-order chi connectivity index (χ1) is 13.1.